The van der Waals surface area contributed by atoms with Crippen LogP contribution in [0.4, 0.5) is 5.69 Å². The highest BCUT2D eigenvalue weighted by molar-refractivity contribution is 6.10. The summed E-state index contributed by atoms with van der Waals surface area (Å²) in [7, 11) is 0. The summed E-state index contributed by atoms with van der Waals surface area (Å²) < 4.78 is 0. The minimum Gasteiger partial charge on any atom is -0.377 e. The molecule has 0 saturated carbocycles. The van der Waals surface area contributed by atoms with Gasteiger partial charge >= 0.3 is 0 Å². The highest BCUT2D eigenvalue weighted by Crippen LogP contribution is 2.46. The van der Waals surface area contributed by atoms with Gasteiger partial charge in [-0.05, 0) is 12.5 Å². The zero-order valence-corrected chi connectivity index (χ0v) is 13.9. The first-order valence-electron chi connectivity index (χ1n) is 7.62. The van der Waals surface area contributed by atoms with Crippen molar-refractivity contribution in [3.8, 4) is 0 Å². The Hall–Kier alpha value is -1.06. The van der Waals surface area contributed by atoms with Crippen LogP contribution < -0.4 is 4.90 Å². The Balaban J connectivity index is 0.00000161. The van der Waals surface area contributed by atoms with Crippen LogP contribution in [-0.4, -0.2) is 24.0 Å². The van der Waals surface area contributed by atoms with Crippen LogP contribution in [0.15, 0.2) is 29.3 Å². The lowest BCUT2D eigenvalue weighted by atomic mass is 9.87. The number of hydrogen-bond acceptors (Lipinski definition) is 3. The van der Waals surface area contributed by atoms with Crippen LogP contribution in [0.5, 0.6) is 0 Å². The number of fused-ring (bicyclic) bond motifs is 3. The molecule has 116 valence electrons. The molecule has 1 aromatic carbocycles. The second kappa shape index (κ2) is 5.62. The number of nitrogens with zero attached hydrogens (tertiary/aromatic N) is 2. The minimum absolute atomic E-state index is 0. The number of rotatable bonds is 3. The van der Waals surface area contributed by atoms with E-state index >= 15 is 0 Å². The summed E-state index contributed by atoms with van der Waals surface area (Å²) in [5.74, 6) is 0.867. The number of aliphatic hydroxyl groups is 1. The number of benzene rings is 1. The first kappa shape index (κ1) is 16.3. The molecule has 0 radical (unpaired) electrons. The second-order valence-corrected chi connectivity index (χ2v) is 6.87. The molecular formula is C17H25ClN2O. The van der Waals surface area contributed by atoms with Crippen LogP contribution in [0.1, 0.15) is 45.6 Å². The van der Waals surface area contributed by atoms with E-state index in [2.05, 4.69) is 37.8 Å². The van der Waals surface area contributed by atoms with E-state index in [1.54, 1.807) is 0 Å². The molecule has 0 bridgehead atoms. The normalized spacial score (nSPS) is 25.7. The van der Waals surface area contributed by atoms with E-state index < -0.39 is 5.60 Å². The molecule has 0 aliphatic carbocycles. The second-order valence-electron chi connectivity index (χ2n) is 6.87. The lowest BCUT2D eigenvalue weighted by molar-refractivity contribution is 0.100. The van der Waals surface area contributed by atoms with Crippen molar-refractivity contribution in [2.24, 2.45) is 10.4 Å². The molecule has 0 amide bonds. The zero-order chi connectivity index (χ0) is 14.4. The highest BCUT2D eigenvalue weighted by atomic mass is 35.5. The van der Waals surface area contributed by atoms with Crippen LogP contribution in [0.3, 0.4) is 0 Å². The molecular weight excluding hydrogens is 284 g/mol. The van der Waals surface area contributed by atoms with Crippen LogP contribution >= 0.6 is 12.4 Å². The summed E-state index contributed by atoms with van der Waals surface area (Å²) in [6.45, 7) is 8.35. The Morgan fingerprint density at radius 2 is 2.00 bits per heavy atom. The third-order valence-corrected chi connectivity index (χ3v) is 4.40. The van der Waals surface area contributed by atoms with Gasteiger partial charge in [-0.1, -0.05) is 51.8 Å². The molecule has 0 saturated heterocycles. The highest BCUT2D eigenvalue weighted by Gasteiger charge is 2.49. The maximum Gasteiger partial charge on any atom is 0.149 e. The summed E-state index contributed by atoms with van der Waals surface area (Å²) in [4.78, 5) is 6.99. The fraction of sp³-hybridized carbons (Fsp3) is 0.588. The van der Waals surface area contributed by atoms with Crippen LogP contribution in [-0.2, 0) is 5.60 Å². The minimum atomic E-state index is -0.886. The first-order chi connectivity index (χ1) is 9.48. The Morgan fingerprint density at radius 3 is 2.71 bits per heavy atom. The molecule has 3 rings (SSSR count). The fourth-order valence-electron chi connectivity index (χ4n) is 3.34. The summed E-state index contributed by atoms with van der Waals surface area (Å²) in [6, 6.07) is 8.22. The third-order valence-electron chi connectivity index (χ3n) is 4.40. The average molecular weight is 309 g/mol. The third kappa shape index (κ3) is 2.58. The van der Waals surface area contributed by atoms with E-state index in [4.69, 9.17) is 4.99 Å². The fourth-order valence-corrected chi connectivity index (χ4v) is 3.34. The number of amidine groups is 1. The number of para-hydroxylation sites is 1. The number of halogens is 1. The van der Waals surface area contributed by atoms with Gasteiger partial charge in [0.2, 0.25) is 0 Å². The van der Waals surface area contributed by atoms with E-state index in [1.807, 2.05) is 12.1 Å². The number of anilines is 1. The molecule has 3 nitrogen and oxygen atoms in total. The number of aliphatic imine (C=N–C) groups is 1. The molecule has 21 heavy (non-hydrogen) atoms. The maximum absolute atomic E-state index is 11.3. The Kier molecular flexibility index (Phi) is 4.36. The van der Waals surface area contributed by atoms with Gasteiger partial charge in [0.1, 0.15) is 11.4 Å². The summed E-state index contributed by atoms with van der Waals surface area (Å²) in [5.41, 5.74) is 1.44. The molecule has 2 aliphatic heterocycles. The smallest absolute Gasteiger partial charge is 0.149 e. The van der Waals surface area contributed by atoms with Crippen molar-refractivity contribution in [1.29, 1.82) is 0 Å². The van der Waals surface area contributed by atoms with Crippen molar-refractivity contribution >= 4 is 23.9 Å². The van der Waals surface area contributed by atoms with E-state index in [-0.39, 0.29) is 17.8 Å². The number of unbranched alkanes of at least 4 members (excludes halogenated alkanes) is 1. The van der Waals surface area contributed by atoms with Crippen molar-refractivity contribution in [3.63, 3.8) is 0 Å². The molecule has 0 aromatic heterocycles. The van der Waals surface area contributed by atoms with Gasteiger partial charge in [-0.25, -0.2) is 0 Å². The molecule has 0 fully saturated rings. The van der Waals surface area contributed by atoms with Crippen molar-refractivity contribution in [1.82, 2.24) is 0 Å². The molecule has 4 heteroatoms. The van der Waals surface area contributed by atoms with Gasteiger partial charge in [-0.2, -0.15) is 0 Å². The van der Waals surface area contributed by atoms with Gasteiger partial charge in [-0.15, -0.1) is 12.4 Å². The molecule has 1 N–H and O–H groups in total. The first-order valence-corrected chi connectivity index (χ1v) is 7.62. The topological polar surface area (TPSA) is 35.8 Å². The van der Waals surface area contributed by atoms with E-state index in [9.17, 15) is 5.11 Å². The van der Waals surface area contributed by atoms with Crippen molar-refractivity contribution in [2.45, 2.75) is 45.6 Å². The molecule has 1 atom stereocenters. The average Bonchev–Trinajstić information content (AvgIpc) is 2.66. The summed E-state index contributed by atoms with van der Waals surface area (Å²) >= 11 is 0. The van der Waals surface area contributed by atoms with Gasteiger partial charge in [-0.3, -0.25) is 4.99 Å². The predicted octanol–water partition coefficient (Wildman–Crippen LogP) is 3.74. The molecule has 1 aromatic rings. The SMILES string of the molecule is CCCCC1(O)C2=NCC(C)(C)CN2c2ccccc21.Cl. The monoisotopic (exact) mass is 308 g/mol. The largest absolute Gasteiger partial charge is 0.377 e. The van der Waals surface area contributed by atoms with Gasteiger partial charge in [0.05, 0.1) is 0 Å². The lowest BCUT2D eigenvalue weighted by Crippen LogP contribution is -2.48. The van der Waals surface area contributed by atoms with Gasteiger partial charge in [0.15, 0.2) is 0 Å². The lowest BCUT2D eigenvalue weighted by Gasteiger charge is -2.37. The Bertz CT molecular complexity index is 555. The Morgan fingerprint density at radius 1 is 1.29 bits per heavy atom. The predicted molar refractivity (Wildman–Crippen MR) is 90.5 cm³/mol. The van der Waals surface area contributed by atoms with E-state index in [0.717, 1.165) is 49.4 Å². The quantitative estimate of drug-likeness (QED) is 0.923. The van der Waals surface area contributed by atoms with Gasteiger partial charge < -0.3 is 10.0 Å². The van der Waals surface area contributed by atoms with Crippen LogP contribution in [0, 0.1) is 5.41 Å². The maximum atomic E-state index is 11.3. The van der Waals surface area contributed by atoms with E-state index in [1.165, 1.54) is 0 Å². The standard InChI is InChI=1S/C17H24N2O.ClH/c1-4-5-10-17(20)13-8-6-7-9-14(13)19-12-16(2,3)11-18-15(17)19;/h6-9,20H,4-5,10-12H2,1-3H3;1H. The van der Waals surface area contributed by atoms with Crippen LogP contribution in [0.25, 0.3) is 0 Å². The van der Waals surface area contributed by atoms with Crippen molar-refractivity contribution in [2.75, 3.05) is 18.0 Å². The summed E-state index contributed by atoms with van der Waals surface area (Å²) in [6.07, 6.45) is 2.86. The van der Waals surface area contributed by atoms with Gasteiger partial charge in [0, 0.05) is 29.8 Å². The molecule has 1 unspecified atom stereocenters. The van der Waals surface area contributed by atoms with Gasteiger partial charge in [0.25, 0.3) is 0 Å². The van der Waals surface area contributed by atoms with E-state index in [0.29, 0.717) is 0 Å². The molecule has 2 heterocycles. The molecule has 0 spiro atoms. The zero-order valence-electron chi connectivity index (χ0n) is 13.1. The molecule has 2 aliphatic rings. The van der Waals surface area contributed by atoms with Crippen LogP contribution in [0.2, 0.25) is 0 Å². The Labute approximate surface area is 133 Å². The van der Waals surface area contributed by atoms with Crippen molar-refractivity contribution in [3.05, 3.63) is 29.8 Å². The van der Waals surface area contributed by atoms with Crippen molar-refractivity contribution < 1.29 is 5.11 Å². The summed E-state index contributed by atoms with van der Waals surface area (Å²) in [5, 5.41) is 11.3. The number of hydrogen-bond donors (Lipinski definition) is 1.